The van der Waals surface area contributed by atoms with E-state index in [0.29, 0.717) is 0 Å². The van der Waals surface area contributed by atoms with Crippen molar-refractivity contribution < 1.29 is 4.79 Å². The van der Waals surface area contributed by atoms with E-state index in [1.807, 2.05) is 30.3 Å². The van der Waals surface area contributed by atoms with E-state index in [2.05, 4.69) is 36.6 Å². The maximum atomic E-state index is 12.4. The highest BCUT2D eigenvalue weighted by atomic mass is 16.1. The average molecular weight is 294 g/mol. The van der Waals surface area contributed by atoms with Crippen molar-refractivity contribution in [3.8, 4) is 0 Å². The second-order valence-electron chi connectivity index (χ2n) is 6.05. The number of nitrogens with one attached hydrogen (secondary N) is 2. The van der Waals surface area contributed by atoms with Gasteiger partial charge in [0.25, 0.3) is 5.91 Å². The Morgan fingerprint density at radius 3 is 2.91 bits per heavy atom. The number of benzene rings is 2. The summed E-state index contributed by atoms with van der Waals surface area (Å²) in [5, 5.41) is 6.42. The summed E-state index contributed by atoms with van der Waals surface area (Å²) < 4.78 is 0. The monoisotopic (exact) mass is 294 g/mol. The second-order valence-corrected chi connectivity index (χ2v) is 6.05. The first-order chi connectivity index (χ1) is 10.6. The van der Waals surface area contributed by atoms with Gasteiger partial charge in [0.15, 0.2) is 0 Å². The van der Waals surface area contributed by atoms with Crippen LogP contribution in [0.5, 0.6) is 0 Å². The van der Waals surface area contributed by atoms with E-state index in [1.54, 1.807) is 0 Å². The van der Waals surface area contributed by atoms with E-state index in [1.165, 1.54) is 16.7 Å². The van der Waals surface area contributed by atoms with Crippen LogP contribution in [0.3, 0.4) is 0 Å². The molecule has 0 bridgehead atoms. The third-order valence-corrected chi connectivity index (χ3v) is 4.24. The molecular formula is C19H22N2O. The van der Waals surface area contributed by atoms with Gasteiger partial charge in [0.2, 0.25) is 0 Å². The molecule has 1 aliphatic heterocycles. The summed E-state index contributed by atoms with van der Waals surface area (Å²) in [4.78, 5) is 12.4. The lowest BCUT2D eigenvalue weighted by molar-refractivity contribution is 0.0940. The van der Waals surface area contributed by atoms with E-state index < -0.39 is 0 Å². The third-order valence-electron chi connectivity index (χ3n) is 4.24. The summed E-state index contributed by atoms with van der Waals surface area (Å²) >= 11 is 0. The van der Waals surface area contributed by atoms with Gasteiger partial charge in [-0.2, -0.15) is 0 Å². The lowest BCUT2D eigenvalue weighted by atomic mass is 10.0. The maximum Gasteiger partial charge on any atom is 0.251 e. The van der Waals surface area contributed by atoms with E-state index in [0.717, 1.165) is 30.6 Å². The largest absolute Gasteiger partial charge is 0.384 e. The first kappa shape index (κ1) is 14.6. The lowest BCUT2D eigenvalue weighted by Gasteiger charge is -2.16. The molecule has 0 aliphatic carbocycles. The van der Waals surface area contributed by atoms with E-state index in [4.69, 9.17) is 0 Å². The summed E-state index contributed by atoms with van der Waals surface area (Å²) in [5.41, 5.74) is 5.70. The van der Waals surface area contributed by atoms with Crippen molar-refractivity contribution in [1.29, 1.82) is 0 Å². The number of carbonyl (C=O) groups excluding carboxylic acids is 1. The van der Waals surface area contributed by atoms with Crippen molar-refractivity contribution >= 4 is 11.6 Å². The third kappa shape index (κ3) is 3.14. The molecule has 22 heavy (non-hydrogen) atoms. The standard InChI is InChI=1S/C19H22N2O/c1-13-5-3-4-6-15(13)11-14(2)21-19(22)17-7-8-18-16(12-17)9-10-20-18/h3-8,12,14,20H,9-11H2,1-2H3,(H,21,22). The summed E-state index contributed by atoms with van der Waals surface area (Å²) in [6.07, 6.45) is 1.85. The van der Waals surface area contributed by atoms with Gasteiger partial charge in [-0.15, -0.1) is 0 Å². The molecule has 1 amide bonds. The average Bonchev–Trinajstić information content (AvgIpc) is 2.97. The van der Waals surface area contributed by atoms with E-state index >= 15 is 0 Å². The second kappa shape index (κ2) is 6.22. The predicted molar refractivity (Wildman–Crippen MR) is 90.4 cm³/mol. The van der Waals surface area contributed by atoms with Crippen LogP contribution in [0, 0.1) is 6.92 Å². The molecule has 0 saturated heterocycles. The molecule has 2 aromatic rings. The van der Waals surface area contributed by atoms with Crippen molar-refractivity contribution in [1.82, 2.24) is 5.32 Å². The van der Waals surface area contributed by atoms with Gasteiger partial charge in [-0.05, 0) is 61.6 Å². The highest BCUT2D eigenvalue weighted by Gasteiger charge is 2.15. The SMILES string of the molecule is Cc1ccccc1CC(C)NC(=O)c1ccc2c(c1)CCN2. The topological polar surface area (TPSA) is 41.1 Å². The van der Waals surface area contributed by atoms with Gasteiger partial charge in [-0.3, -0.25) is 4.79 Å². The molecule has 2 aromatic carbocycles. The number of hydrogen-bond acceptors (Lipinski definition) is 2. The maximum absolute atomic E-state index is 12.4. The fourth-order valence-corrected chi connectivity index (χ4v) is 2.97. The molecule has 0 spiro atoms. The smallest absolute Gasteiger partial charge is 0.251 e. The highest BCUT2D eigenvalue weighted by Crippen LogP contribution is 2.23. The first-order valence-corrected chi connectivity index (χ1v) is 7.85. The predicted octanol–water partition coefficient (Wildman–Crippen LogP) is 3.32. The van der Waals surface area contributed by atoms with Crippen molar-refractivity contribution in [3.05, 3.63) is 64.7 Å². The van der Waals surface area contributed by atoms with Crippen LogP contribution in [0.2, 0.25) is 0 Å². The van der Waals surface area contributed by atoms with Crippen molar-refractivity contribution in [3.63, 3.8) is 0 Å². The number of aryl methyl sites for hydroxylation is 1. The number of carbonyl (C=O) groups is 1. The Morgan fingerprint density at radius 2 is 2.09 bits per heavy atom. The molecule has 0 radical (unpaired) electrons. The quantitative estimate of drug-likeness (QED) is 0.908. The molecule has 3 nitrogen and oxygen atoms in total. The number of amides is 1. The van der Waals surface area contributed by atoms with Crippen LogP contribution in [0.25, 0.3) is 0 Å². The van der Waals surface area contributed by atoms with Gasteiger partial charge in [-0.25, -0.2) is 0 Å². The molecule has 1 aliphatic rings. The zero-order valence-corrected chi connectivity index (χ0v) is 13.1. The van der Waals surface area contributed by atoms with E-state index in [-0.39, 0.29) is 11.9 Å². The molecular weight excluding hydrogens is 272 g/mol. The van der Waals surface area contributed by atoms with Gasteiger partial charge in [-0.1, -0.05) is 24.3 Å². The van der Waals surface area contributed by atoms with Crippen molar-refractivity contribution in [2.75, 3.05) is 11.9 Å². The lowest BCUT2D eigenvalue weighted by Crippen LogP contribution is -2.34. The van der Waals surface area contributed by atoms with Gasteiger partial charge in [0, 0.05) is 23.8 Å². The summed E-state index contributed by atoms with van der Waals surface area (Å²) in [7, 11) is 0. The van der Waals surface area contributed by atoms with Gasteiger partial charge in [0.05, 0.1) is 0 Å². The Kier molecular flexibility index (Phi) is 4.14. The Balaban J connectivity index is 1.65. The number of hydrogen-bond donors (Lipinski definition) is 2. The zero-order valence-electron chi connectivity index (χ0n) is 13.1. The van der Waals surface area contributed by atoms with Crippen molar-refractivity contribution in [2.24, 2.45) is 0 Å². The fraction of sp³-hybridized carbons (Fsp3) is 0.316. The summed E-state index contributed by atoms with van der Waals surface area (Å²) in [6.45, 7) is 5.13. The number of fused-ring (bicyclic) bond motifs is 1. The molecule has 0 aromatic heterocycles. The Morgan fingerprint density at radius 1 is 1.27 bits per heavy atom. The molecule has 2 N–H and O–H groups in total. The molecule has 114 valence electrons. The van der Waals surface area contributed by atoms with Crippen molar-refractivity contribution in [2.45, 2.75) is 32.7 Å². The molecule has 1 unspecified atom stereocenters. The normalized spacial score (nSPS) is 14.1. The van der Waals surface area contributed by atoms with Gasteiger partial charge in [0.1, 0.15) is 0 Å². The minimum absolute atomic E-state index is 0.00999. The van der Waals surface area contributed by atoms with Crippen LogP contribution < -0.4 is 10.6 Å². The molecule has 3 heteroatoms. The summed E-state index contributed by atoms with van der Waals surface area (Å²) in [6, 6.07) is 14.3. The molecule has 1 atom stereocenters. The molecule has 1 heterocycles. The minimum Gasteiger partial charge on any atom is -0.384 e. The fourth-order valence-electron chi connectivity index (χ4n) is 2.97. The highest BCUT2D eigenvalue weighted by molar-refractivity contribution is 5.95. The number of rotatable bonds is 4. The van der Waals surface area contributed by atoms with E-state index in [9.17, 15) is 4.79 Å². The molecule has 0 saturated carbocycles. The van der Waals surface area contributed by atoms with Crippen LogP contribution in [-0.2, 0) is 12.8 Å². The van der Waals surface area contributed by atoms with Crippen LogP contribution in [-0.4, -0.2) is 18.5 Å². The molecule has 0 fully saturated rings. The van der Waals surface area contributed by atoms with Crippen LogP contribution >= 0.6 is 0 Å². The Hall–Kier alpha value is -2.29. The van der Waals surface area contributed by atoms with Gasteiger partial charge >= 0.3 is 0 Å². The minimum atomic E-state index is 0.00999. The first-order valence-electron chi connectivity index (χ1n) is 7.85. The van der Waals surface area contributed by atoms with Crippen LogP contribution in [0.4, 0.5) is 5.69 Å². The molecule has 3 rings (SSSR count). The Labute approximate surface area is 131 Å². The van der Waals surface area contributed by atoms with Crippen LogP contribution in [0.1, 0.15) is 34.0 Å². The van der Waals surface area contributed by atoms with Crippen LogP contribution in [0.15, 0.2) is 42.5 Å². The zero-order chi connectivity index (χ0) is 15.5. The van der Waals surface area contributed by atoms with Gasteiger partial charge < -0.3 is 10.6 Å². The Bertz CT molecular complexity index is 694. The summed E-state index contributed by atoms with van der Waals surface area (Å²) in [5.74, 6) is 0.00999. The number of anilines is 1.